The van der Waals surface area contributed by atoms with Gasteiger partial charge in [0.25, 0.3) is 0 Å². The molecule has 2 aliphatic rings. The average molecular weight is 715 g/mol. The molecule has 6 unspecified atom stereocenters. The van der Waals surface area contributed by atoms with Crippen LogP contribution in [0.15, 0.2) is 0 Å². The van der Waals surface area contributed by atoms with Gasteiger partial charge in [-0.15, -0.1) is 0 Å². The van der Waals surface area contributed by atoms with Crippen molar-refractivity contribution in [3.05, 3.63) is 0 Å². The maximum Gasteiger partial charge on any atom is 0.311 e. The summed E-state index contributed by atoms with van der Waals surface area (Å²) in [6.45, 7) is 8.88. The van der Waals surface area contributed by atoms with Crippen LogP contribution in [0.5, 0.6) is 0 Å². The highest BCUT2D eigenvalue weighted by molar-refractivity contribution is 5.83. The fourth-order valence-corrected chi connectivity index (χ4v) is 5.60. The van der Waals surface area contributed by atoms with Crippen LogP contribution in [0.2, 0.25) is 0 Å². The van der Waals surface area contributed by atoms with E-state index >= 15 is 0 Å². The average Bonchev–Trinajstić information content (AvgIpc) is 3.07. The van der Waals surface area contributed by atoms with Crippen molar-refractivity contribution in [1.82, 2.24) is 0 Å². The Morgan fingerprint density at radius 3 is 1.02 bits per heavy atom. The minimum Gasteiger partial charge on any atom is -0.465 e. The first-order chi connectivity index (χ1) is 23.4. The molecule has 0 spiro atoms. The number of ether oxygens (including phenoxy) is 6. The third kappa shape index (κ3) is 14.9. The highest BCUT2D eigenvalue weighted by Gasteiger charge is 2.39. The van der Waals surface area contributed by atoms with Crippen molar-refractivity contribution in [2.45, 2.75) is 118 Å². The highest BCUT2D eigenvalue weighted by atomic mass is 16.6. The molecule has 14 nitrogen and oxygen atoms in total. The molecule has 0 saturated heterocycles. The Labute approximate surface area is 295 Å². The molecule has 0 bridgehead atoms. The van der Waals surface area contributed by atoms with Crippen LogP contribution in [-0.2, 0) is 57.2 Å². The lowest BCUT2D eigenvalue weighted by molar-refractivity contribution is -0.167. The van der Waals surface area contributed by atoms with Crippen LogP contribution < -0.4 is 0 Å². The first-order valence-electron chi connectivity index (χ1n) is 17.8. The number of rotatable bonds is 17. The second-order valence-electron chi connectivity index (χ2n) is 15.3. The fraction of sp³-hybridized carbons (Fsp3) is 0.833. The predicted octanol–water partition coefficient (Wildman–Crippen LogP) is 3.45. The van der Waals surface area contributed by atoms with Gasteiger partial charge in [-0.05, 0) is 80.1 Å². The van der Waals surface area contributed by atoms with Gasteiger partial charge < -0.3 is 38.6 Å². The number of aliphatic hydroxyl groups excluding tert-OH is 2. The Balaban J connectivity index is 1.70. The summed E-state index contributed by atoms with van der Waals surface area (Å²) in [6, 6.07) is 0. The summed E-state index contributed by atoms with van der Waals surface area (Å²) in [5.41, 5.74) is -1.46. The van der Waals surface area contributed by atoms with E-state index in [0.29, 0.717) is 38.5 Å². The number of hydrogen-bond donors (Lipinski definition) is 2. The van der Waals surface area contributed by atoms with E-state index in [1.165, 1.54) is 0 Å². The zero-order valence-electron chi connectivity index (χ0n) is 30.6. The van der Waals surface area contributed by atoms with Crippen LogP contribution in [-0.4, -0.2) is 97.9 Å². The van der Waals surface area contributed by atoms with Crippen LogP contribution in [0.1, 0.15) is 106 Å². The van der Waals surface area contributed by atoms with Gasteiger partial charge in [-0.1, -0.05) is 25.7 Å². The third-order valence-corrected chi connectivity index (χ3v) is 8.64. The molecule has 0 aliphatic heterocycles. The van der Waals surface area contributed by atoms with Gasteiger partial charge in [-0.2, -0.15) is 0 Å². The van der Waals surface area contributed by atoms with Crippen molar-refractivity contribution in [3.63, 3.8) is 0 Å². The molecule has 0 aromatic carbocycles. The fourth-order valence-electron chi connectivity index (χ4n) is 5.60. The lowest BCUT2D eigenvalue weighted by Gasteiger charge is -2.29. The van der Waals surface area contributed by atoms with Crippen molar-refractivity contribution >= 4 is 35.8 Å². The van der Waals surface area contributed by atoms with Crippen LogP contribution in [0.3, 0.4) is 0 Å². The number of esters is 6. The largest absolute Gasteiger partial charge is 0.465 e. The number of hydrogen-bond acceptors (Lipinski definition) is 14. The molecule has 0 heterocycles. The zero-order chi connectivity index (χ0) is 37.5. The molecule has 0 aromatic heterocycles. The van der Waals surface area contributed by atoms with Crippen LogP contribution >= 0.6 is 0 Å². The molecule has 0 radical (unpaired) electrons. The molecule has 286 valence electrons. The standard InChI is InChI=1S/C36H58O14/c1-35(2,3)33(43)49-21-23(37)19-47-31(41)27-15-9-7-13-25(27)29(39)45-17-11-12-18-46-30(40)26-14-8-10-16-28(26)32(42)48-20-24(38)22-50-34(44)36(4,5)6/h23-28,37-38H,7-22H2,1-6H3. The molecular formula is C36H58O14. The summed E-state index contributed by atoms with van der Waals surface area (Å²) in [5.74, 6) is -5.96. The summed E-state index contributed by atoms with van der Waals surface area (Å²) in [6.07, 6.45) is 3.29. The molecular weight excluding hydrogens is 656 g/mol. The van der Waals surface area contributed by atoms with E-state index in [-0.39, 0.29) is 39.6 Å². The topological polar surface area (TPSA) is 198 Å². The summed E-state index contributed by atoms with van der Waals surface area (Å²) < 4.78 is 31.5. The van der Waals surface area contributed by atoms with E-state index in [0.717, 1.165) is 25.7 Å². The van der Waals surface area contributed by atoms with Crippen molar-refractivity contribution < 1.29 is 67.4 Å². The van der Waals surface area contributed by atoms with E-state index < -0.39 is 82.5 Å². The molecule has 0 amide bonds. The van der Waals surface area contributed by atoms with Crippen molar-refractivity contribution in [3.8, 4) is 0 Å². The number of carbonyl (C=O) groups excluding carboxylic acids is 6. The first-order valence-corrected chi connectivity index (χ1v) is 17.8. The van der Waals surface area contributed by atoms with E-state index in [9.17, 15) is 39.0 Å². The molecule has 2 fully saturated rings. The van der Waals surface area contributed by atoms with Gasteiger partial charge in [0.2, 0.25) is 0 Å². The first kappa shape index (κ1) is 42.9. The minimum absolute atomic E-state index is 0.0677. The second-order valence-corrected chi connectivity index (χ2v) is 15.3. The normalized spacial score (nSPS) is 22.3. The molecule has 2 N–H and O–H groups in total. The lowest BCUT2D eigenvalue weighted by Crippen LogP contribution is -2.37. The SMILES string of the molecule is CC(C)(C)C(=O)OCC(O)COC(=O)C1CCCCC1C(=O)OCCCCOC(=O)C1CCCCC1C(=O)OCC(O)COC(=O)C(C)(C)C. The predicted molar refractivity (Wildman–Crippen MR) is 177 cm³/mol. The monoisotopic (exact) mass is 714 g/mol. The van der Waals surface area contributed by atoms with Crippen LogP contribution in [0.4, 0.5) is 0 Å². The molecule has 2 aliphatic carbocycles. The quantitative estimate of drug-likeness (QED) is 0.126. The van der Waals surface area contributed by atoms with E-state index in [1.807, 2.05) is 0 Å². The lowest BCUT2D eigenvalue weighted by atomic mass is 9.79. The second kappa shape index (κ2) is 20.6. The third-order valence-electron chi connectivity index (χ3n) is 8.64. The zero-order valence-corrected chi connectivity index (χ0v) is 30.6. The Kier molecular flexibility index (Phi) is 17.6. The molecule has 2 rings (SSSR count). The van der Waals surface area contributed by atoms with Crippen LogP contribution in [0.25, 0.3) is 0 Å². The van der Waals surface area contributed by atoms with E-state index in [4.69, 9.17) is 28.4 Å². The Bertz CT molecular complexity index is 1050. The highest BCUT2D eigenvalue weighted by Crippen LogP contribution is 2.33. The van der Waals surface area contributed by atoms with Crippen molar-refractivity contribution in [1.29, 1.82) is 0 Å². The molecule has 50 heavy (non-hydrogen) atoms. The smallest absolute Gasteiger partial charge is 0.311 e. The summed E-state index contributed by atoms with van der Waals surface area (Å²) in [5, 5.41) is 20.2. The van der Waals surface area contributed by atoms with Crippen molar-refractivity contribution in [2.75, 3.05) is 39.6 Å². The van der Waals surface area contributed by atoms with Crippen molar-refractivity contribution in [2.24, 2.45) is 34.5 Å². The maximum absolute atomic E-state index is 12.9. The molecule has 0 aromatic rings. The van der Waals surface area contributed by atoms with Gasteiger partial charge in [0.15, 0.2) is 0 Å². The Morgan fingerprint density at radius 1 is 0.480 bits per heavy atom. The Morgan fingerprint density at radius 2 is 0.740 bits per heavy atom. The van der Waals surface area contributed by atoms with Gasteiger partial charge in [-0.25, -0.2) is 0 Å². The maximum atomic E-state index is 12.9. The summed E-state index contributed by atoms with van der Waals surface area (Å²) in [7, 11) is 0. The van der Waals surface area contributed by atoms with E-state index in [2.05, 4.69) is 0 Å². The Hall–Kier alpha value is -3.26. The number of unbranched alkanes of at least 4 members (excludes halogenated alkanes) is 1. The van der Waals surface area contributed by atoms with E-state index in [1.54, 1.807) is 41.5 Å². The number of aliphatic hydroxyl groups is 2. The molecule has 2 saturated carbocycles. The molecule has 14 heteroatoms. The summed E-state index contributed by atoms with van der Waals surface area (Å²) >= 11 is 0. The number of carbonyl (C=O) groups is 6. The van der Waals surface area contributed by atoms with Gasteiger partial charge in [0.05, 0.1) is 47.7 Å². The van der Waals surface area contributed by atoms with Gasteiger partial charge in [0.1, 0.15) is 38.6 Å². The summed E-state index contributed by atoms with van der Waals surface area (Å²) in [4.78, 5) is 75.1. The van der Waals surface area contributed by atoms with Crippen LogP contribution in [0, 0.1) is 34.5 Å². The minimum atomic E-state index is -1.19. The van der Waals surface area contributed by atoms with Gasteiger partial charge >= 0.3 is 35.8 Å². The van der Waals surface area contributed by atoms with Gasteiger partial charge in [0, 0.05) is 0 Å². The molecule has 6 atom stereocenters. The van der Waals surface area contributed by atoms with Gasteiger partial charge in [-0.3, -0.25) is 28.8 Å².